The predicted molar refractivity (Wildman–Crippen MR) is 60.1 cm³/mol. The van der Waals surface area contributed by atoms with E-state index in [0.29, 0.717) is 31.1 Å². The summed E-state index contributed by atoms with van der Waals surface area (Å²) in [5.74, 6) is -0.197. The van der Waals surface area contributed by atoms with Gasteiger partial charge in [-0.15, -0.1) is 0 Å². The lowest BCUT2D eigenvalue weighted by atomic mass is 10.3. The number of nitrogens with zero attached hydrogens (tertiary/aromatic N) is 1. The molecule has 0 unspecified atom stereocenters. The molecule has 0 aliphatic rings. The zero-order valence-electron chi connectivity index (χ0n) is 8.78. The molecule has 5 heteroatoms. The van der Waals surface area contributed by atoms with E-state index in [4.69, 9.17) is 22.7 Å². The standard InChI is InChI=1S/C9H18N2O2S/c1-3-11(6-5-8(10)14)7-9(12)13-4-2/h3-7H2,1-2H3,(H2,10,14). The van der Waals surface area contributed by atoms with E-state index in [-0.39, 0.29) is 5.97 Å². The Morgan fingerprint density at radius 1 is 1.50 bits per heavy atom. The van der Waals surface area contributed by atoms with Gasteiger partial charge in [-0.05, 0) is 13.5 Å². The Bertz CT molecular complexity index is 197. The molecule has 0 aromatic carbocycles. The first kappa shape index (κ1) is 13.3. The van der Waals surface area contributed by atoms with Gasteiger partial charge in [-0.2, -0.15) is 0 Å². The molecule has 0 bridgehead atoms. The van der Waals surface area contributed by atoms with Gasteiger partial charge in [0.2, 0.25) is 0 Å². The van der Waals surface area contributed by atoms with Gasteiger partial charge in [-0.25, -0.2) is 0 Å². The maximum absolute atomic E-state index is 11.1. The molecule has 0 aromatic heterocycles. The second-order valence-electron chi connectivity index (χ2n) is 2.89. The molecule has 0 atom stereocenters. The third-order valence-corrected chi connectivity index (χ3v) is 1.98. The summed E-state index contributed by atoms with van der Waals surface area (Å²) >= 11 is 4.76. The number of carbonyl (C=O) groups is 1. The Balaban J connectivity index is 3.78. The van der Waals surface area contributed by atoms with Gasteiger partial charge in [0.1, 0.15) is 0 Å². The van der Waals surface area contributed by atoms with Crippen LogP contribution >= 0.6 is 12.2 Å². The Kier molecular flexibility index (Phi) is 7.32. The minimum atomic E-state index is -0.197. The first-order chi connectivity index (χ1) is 6.60. The number of hydrogen-bond donors (Lipinski definition) is 1. The van der Waals surface area contributed by atoms with Crippen molar-refractivity contribution in [2.75, 3.05) is 26.2 Å². The molecule has 0 saturated carbocycles. The summed E-state index contributed by atoms with van der Waals surface area (Å²) in [5.41, 5.74) is 5.37. The Morgan fingerprint density at radius 3 is 2.57 bits per heavy atom. The zero-order chi connectivity index (χ0) is 11.0. The van der Waals surface area contributed by atoms with Gasteiger partial charge in [-0.1, -0.05) is 19.1 Å². The van der Waals surface area contributed by atoms with E-state index in [1.807, 2.05) is 11.8 Å². The molecule has 82 valence electrons. The Morgan fingerprint density at radius 2 is 2.14 bits per heavy atom. The van der Waals surface area contributed by atoms with Gasteiger partial charge in [0.25, 0.3) is 0 Å². The average Bonchev–Trinajstić information content (AvgIpc) is 2.12. The van der Waals surface area contributed by atoms with Crippen LogP contribution < -0.4 is 5.73 Å². The molecule has 2 N–H and O–H groups in total. The highest BCUT2D eigenvalue weighted by atomic mass is 32.1. The van der Waals surface area contributed by atoms with Crippen LogP contribution in [0.15, 0.2) is 0 Å². The van der Waals surface area contributed by atoms with Crippen LogP contribution in [0.3, 0.4) is 0 Å². The highest BCUT2D eigenvalue weighted by molar-refractivity contribution is 7.80. The van der Waals surface area contributed by atoms with Gasteiger partial charge < -0.3 is 10.5 Å². The summed E-state index contributed by atoms with van der Waals surface area (Å²) in [4.78, 5) is 13.6. The van der Waals surface area contributed by atoms with Gasteiger partial charge in [0.15, 0.2) is 0 Å². The summed E-state index contributed by atoms with van der Waals surface area (Å²) in [6.45, 7) is 6.02. The molecular weight excluding hydrogens is 200 g/mol. The lowest BCUT2D eigenvalue weighted by molar-refractivity contribution is -0.144. The molecule has 0 heterocycles. The number of carbonyl (C=O) groups excluding carboxylic acids is 1. The number of hydrogen-bond acceptors (Lipinski definition) is 4. The van der Waals surface area contributed by atoms with E-state index in [0.717, 1.165) is 6.54 Å². The van der Waals surface area contributed by atoms with Crippen molar-refractivity contribution in [3.63, 3.8) is 0 Å². The first-order valence-corrected chi connectivity index (χ1v) is 5.17. The van der Waals surface area contributed by atoms with Crippen molar-refractivity contribution < 1.29 is 9.53 Å². The van der Waals surface area contributed by atoms with E-state index < -0.39 is 0 Å². The number of thiocarbonyl (C=S) groups is 1. The zero-order valence-corrected chi connectivity index (χ0v) is 9.60. The second kappa shape index (κ2) is 7.70. The normalized spacial score (nSPS) is 10.2. The molecule has 0 aromatic rings. The van der Waals surface area contributed by atoms with Crippen LogP contribution in [0.2, 0.25) is 0 Å². The van der Waals surface area contributed by atoms with Crippen molar-refractivity contribution in [1.29, 1.82) is 0 Å². The highest BCUT2D eigenvalue weighted by Crippen LogP contribution is 1.93. The van der Waals surface area contributed by atoms with Crippen molar-refractivity contribution in [3.05, 3.63) is 0 Å². The number of esters is 1. The van der Waals surface area contributed by atoms with Gasteiger partial charge in [0, 0.05) is 13.0 Å². The molecule has 0 spiro atoms. The summed E-state index contributed by atoms with van der Waals surface area (Å²) in [6.07, 6.45) is 0.641. The van der Waals surface area contributed by atoms with Gasteiger partial charge in [0.05, 0.1) is 18.1 Å². The monoisotopic (exact) mass is 218 g/mol. The van der Waals surface area contributed by atoms with Crippen LogP contribution in [0.5, 0.6) is 0 Å². The van der Waals surface area contributed by atoms with Crippen molar-refractivity contribution in [3.8, 4) is 0 Å². The summed E-state index contributed by atoms with van der Waals surface area (Å²) in [7, 11) is 0. The lowest BCUT2D eigenvalue weighted by Gasteiger charge is -2.18. The SMILES string of the molecule is CCOC(=O)CN(CC)CCC(N)=S. The third-order valence-electron chi connectivity index (χ3n) is 1.78. The Labute approximate surface area is 90.4 Å². The predicted octanol–water partition coefficient (Wildman–Crippen LogP) is 0.548. The largest absolute Gasteiger partial charge is 0.465 e. The molecular formula is C9H18N2O2S. The van der Waals surface area contributed by atoms with E-state index in [1.54, 1.807) is 6.92 Å². The van der Waals surface area contributed by atoms with Crippen molar-refractivity contribution in [2.45, 2.75) is 20.3 Å². The van der Waals surface area contributed by atoms with Crippen LogP contribution in [0, 0.1) is 0 Å². The summed E-state index contributed by atoms with van der Waals surface area (Å²) < 4.78 is 4.84. The van der Waals surface area contributed by atoms with Crippen molar-refractivity contribution in [1.82, 2.24) is 4.90 Å². The van der Waals surface area contributed by atoms with Crippen LogP contribution in [0.4, 0.5) is 0 Å². The molecule has 0 radical (unpaired) electrons. The molecule has 0 saturated heterocycles. The third kappa shape index (κ3) is 6.80. The lowest BCUT2D eigenvalue weighted by Crippen LogP contribution is -2.33. The Hall–Kier alpha value is -0.680. The van der Waals surface area contributed by atoms with Crippen molar-refractivity contribution >= 4 is 23.2 Å². The fourth-order valence-corrected chi connectivity index (χ4v) is 1.10. The smallest absolute Gasteiger partial charge is 0.320 e. The average molecular weight is 218 g/mol. The summed E-state index contributed by atoms with van der Waals surface area (Å²) in [5, 5.41) is 0. The molecule has 14 heavy (non-hydrogen) atoms. The molecule has 0 amide bonds. The first-order valence-electron chi connectivity index (χ1n) is 4.76. The number of likely N-dealkylation sites (N-methyl/N-ethyl adjacent to an activating group) is 1. The maximum atomic E-state index is 11.1. The molecule has 0 rings (SSSR count). The van der Waals surface area contributed by atoms with E-state index in [2.05, 4.69) is 0 Å². The molecule has 0 aliphatic heterocycles. The van der Waals surface area contributed by atoms with Gasteiger partial charge >= 0.3 is 5.97 Å². The number of rotatable bonds is 7. The van der Waals surface area contributed by atoms with E-state index in [1.165, 1.54) is 0 Å². The van der Waals surface area contributed by atoms with Crippen LogP contribution in [0.25, 0.3) is 0 Å². The molecule has 0 aliphatic carbocycles. The topological polar surface area (TPSA) is 55.6 Å². The second-order valence-corrected chi connectivity index (χ2v) is 3.41. The minimum Gasteiger partial charge on any atom is -0.465 e. The van der Waals surface area contributed by atoms with Crippen LogP contribution in [0.1, 0.15) is 20.3 Å². The highest BCUT2D eigenvalue weighted by Gasteiger charge is 2.09. The fraction of sp³-hybridized carbons (Fsp3) is 0.778. The van der Waals surface area contributed by atoms with Crippen LogP contribution in [-0.2, 0) is 9.53 Å². The van der Waals surface area contributed by atoms with E-state index >= 15 is 0 Å². The van der Waals surface area contributed by atoms with Crippen LogP contribution in [-0.4, -0.2) is 42.1 Å². The number of nitrogens with two attached hydrogens (primary N) is 1. The number of ether oxygens (including phenoxy) is 1. The molecule has 0 fully saturated rings. The van der Waals surface area contributed by atoms with E-state index in [9.17, 15) is 4.79 Å². The quantitative estimate of drug-likeness (QED) is 0.499. The minimum absolute atomic E-state index is 0.197. The fourth-order valence-electron chi connectivity index (χ4n) is 1.01. The van der Waals surface area contributed by atoms with Gasteiger partial charge in [-0.3, -0.25) is 9.69 Å². The van der Waals surface area contributed by atoms with Crippen molar-refractivity contribution in [2.24, 2.45) is 5.73 Å². The molecule has 4 nitrogen and oxygen atoms in total. The maximum Gasteiger partial charge on any atom is 0.320 e. The summed E-state index contributed by atoms with van der Waals surface area (Å²) in [6, 6.07) is 0.